The van der Waals surface area contributed by atoms with E-state index >= 15 is 8.78 Å². The highest BCUT2D eigenvalue weighted by atomic mass is 19.2. The normalized spacial score (nSPS) is 32.4. The fraction of sp³-hybridized carbons (Fsp3) is 0.686. The number of methoxy groups -OCH3 is 1. The van der Waals surface area contributed by atoms with Crippen molar-refractivity contribution in [2.45, 2.75) is 123 Å². The molecule has 0 spiro atoms. The highest BCUT2D eigenvalue weighted by molar-refractivity contribution is 5.92. The third-order valence-electron chi connectivity index (χ3n) is 10.3. The van der Waals surface area contributed by atoms with Crippen LogP contribution < -0.4 is 14.8 Å². The minimum absolute atomic E-state index is 0.0298. The molecule has 3 unspecified atom stereocenters. The van der Waals surface area contributed by atoms with Crippen LogP contribution in [0, 0.1) is 17.3 Å². The van der Waals surface area contributed by atoms with E-state index in [0.717, 1.165) is 12.8 Å². The zero-order chi connectivity index (χ0) is 34.3. The van der Waals surface area contributed by atoms with Crippen LogP contribution in [0.25, 0.3) is 11.0 Å². The molecule has 258 valence electrons. The minimum Gasteiger partial charge on any atom is -0.497 e. The highest BCUT2D eigenvalue weighted by Crippen LogP contribution is 2.43. The van der Waals surface area contributed by atoms with Crippen LogP contribution in [0.1, 0.15) is 98.4 Å². The number of halogens is 2. The predicted octanol–water partition coefficient (Wildman–Crippen LogP) is 6.44. The molecule has 0 radical (unpaired) electrons. The van der Waals surface area contributed by atoms with Crippen molar-refractivity contribution in [1.82, 2.24) is 20.2 Å². The number of nitrogens with zero attached hydrogens (tertiary/aromatic N) is 3. The third kappa shape index (κ3) is 7.02. The number of alkyl halides is 2. The molecule has 1 aromatic heterocycles. The summed E-state index contributed by atoms with van der Waals surface area (Å²) in [6.07, 6.45) is -1.99. The van der Waals surface area contributed by atoms with Gasteiger partial charge in [-0.3, -0.25) is 9.59 Å². The number of alkyl carbamates (subject to hydrolysis) is 1. The average molecular weight is 659 g/mol. The number of ether oxygens (including phenoxy) is 3. The number of nitrogens with one attached hydrogen (secondary N) is 1. The Bertz CT molecular complexity index is 1500. The number of Topliss-reactive ketones (excluding diaryl/α,β-unsaturated/α-hetero) is 1. The first-order valence-electron chi connectivity index (χ1n) is 16.8. The van der Waals surface area contributed by atoms with Crippen molar-refractivity contribution < 1.29 is 37.4 Å². The summed E-state index contributed by atoms with van der Waals surface area (Å²) in [6.45, 7) is 10.7. The molecule has 2 aliphatic heterocycles. The van der Waals surface area contributed by atoms with Gasteiger partial charge in [0.25, 0.3) is 0 Å². The van der Waals surface area contributed by atoms with Gasteiger partial charge in [0.1, 0.15) is 35.4 Å². The summed E-state index contributed by atoms with van der Waals surface area (Å²) in [6, 6.07) is 3.05. The van der Waals surface area contributed by atoms with Crippen LogP contribution in [0.4, 0.5) is 13.6 Å². The molecule has 1 saturated carbocycles. The van der Waals surface area contributed by atoms with Crippen LogP contribution in [-0.2, 0) is 14.3 Å². The first-order valence-corrected chi connectivity index (χ1v) is 16.8. The Morgan fingerprint density at radius 2 is 1.85 bits per heavy atom. The van der Waals surface area contributed by atoms with Crippen LogP contribution in [-0.4, -0.2) is 76.3 Å². The zero-order valence-electron chi connectivity index (χ0n) is 28.5. The number of benzene rings is 1. The Morgan fingerprint density at radius 1 is 1.13 bits per heavy atom. The van der Waals surface area contributed by atoms with Crippen molar-refractivity contribution in [3.8, 4) is 11.6 Å². The first-order chi connectivity index (χ1) is 22.2. The van der Waals surface area contributed by atoms with Gasteiger partial charge < -0.3 is 24.4 Å². The number of aromatic nitrogens is 2. The highest BCUT2D eigenvalue weighted by Gasteiger charge is 2.51. The number of hydrogen-bond donors (Lipinski definition) is 1. The Labute approximate surface area is 275 Å². The Kier molecular flexibility index (Phi) is 9.99. The lowest BCUT2D eigenvalue weighted by Gasteiger charge is -2.37. The van der Waals surface area contributed by atoms with Crippen LogP contribution in [0.3, 0.4) is 0 Å². The summed E-state index contributed by atoms with van der Waals surface area (Å²) in [5, 5.41) is 2.84. The second-order valence-electron chi connectivity index (χ2n) is 14.6. The van der Waals surface area contributed by atoms with Gasteiger partial charge in [0.2, 0.25) is 11.8 Å². The van der Waals surface area contributed by atoms with Crippen molar-refractivity contribution in [3.63, 3.8) is 0 Å². The number of amides is 2. The van der Waals surface area contributed by atoms with Crippen LogP contribution in [0.2, 0.25) is 0 Å². The lowest BCUT2D eigenvalue weighted by molar-refractivity contribution is -0.141. The summed E-state index contributed by atoms with van der Waals surface area (Å²) in [7, 11) is 1.51. The molecule has 3 heterocycles. The number of carbonyl (C=O) groups is 3. The number of ketones is 1. The van der Waals surface area contributed by atoms with Gasteiger partial charge in [-0.2, -0.15) is 0 Å². The Hall–Kier alpha value is -3.57. The van der Waals surface area contributed by atoms with E-state index in [1.165, 1.54) is 18.9 Å². The summed E-state index contributed by atoms with van der Waals surface area (Å²) in [5.41, 5.74) is -1.09. The minimum atomic E-state index is -2.13. The number of carbonyl (C=O) groups excluding carboxylic acids is 3. The van der Waals surface area contributed by atoms with E-state index in [2.05, 4.69) is 15.3 Å². The molecule has 8 atom stereocenters. The summed E-state index contributed by atoms with van der Waals surface area (Å²) in [5.74, 6) is -0.914. The van der Waals surface area contributed by atoms with Gasteiger partial charge in [0, 0.05) is 12.0 Å². The van der Waals surface area contributed by atoms with Gasteiger partial charge in [0.05, 0.1) is 30.7 Å². The third-order valence-corrected chi connectivity index (χ3v) is 10.3. The van der Waals surface area contributed by atoms with Gasteiger partial charge in [-0.1, -0.05) is 34.1 Å². The van der Waals surface area contributed by atoms with Gasteiger partial charge in [-0.25, -0.2) is 23.5 Å². The molecular weight excluding hydrogens is 610 g/mol. The maximum absolute atomic E-state index is 16.2. The van der Waals surface area contributed by atoms with Crippen molar-refractivity contribution in [1.29, 1.82) is 0 Å². The van der Waals surface area contributed by atoms with Crippen molar-refractivity contribution in [2.75, 3.05) is 13.7 Å². The van der Waals surface area contributed by atoms with Crippen LogP contribution in [0.5, 0.6) is 11.6 Å². The molecule has 2 amide bonds. The standard InChI is InChI=1S/C35H48F2N4O6/c1-8-22-26-18-41(29(22)19(2)42)32(43)30(34(3,4)5)40-33(44)47-35(6)16-10-12-20(35)11-9-13-23(36)27(37)28-31(46-26)39-25-17-21(45-7)14-15-24(25)38-28/h14-15,17,20,22-23,26-27,29-30H,8-13,16,18H2,1-7H3,(H,40,44)/t20-,22?,23?,26+,27?,29-,30-,35-/m1/s1. The fourth-order valence-electron chi connectivity index (χ4n) is 7.65. The largest absolute Gasteiger partial charge is 0.497 e. The molecule has 3 aliphatic rings. The summed E-state index contributed by atoms with van der Waals surface area (Å²) >= 11 is 0. The smallest absolute Gasteiger partial charge is 0.408 e. The molecule has 5 rings (SSSR count). The molecule has 2 bridgehead atoms. The van der Waals surface area contributed by atoms with E-state index in [0.29, 0.717) is 42.5 Å². The van der Waals surface area contributed by atoms with Crippen LogP contribution in [0.15, 0.2) is 18.2 Å². The molecule has 2 aromatic rings. The predicted molar refractivity (Wildman–Crippen MR) is 172 cm³/mol. The quantitative estimate of drug-likeness (QED) is 0.400. The van der Waals surface area contributed by atoms with E-state index in [1.807, 2.05) is 34.6 Å². The number of rotatable bonds is 3. The average Bonchev–Trinajstić information content (AvgIpc) is 3.56. The van der Waals surface area contributed by atoms with Gasteiger partial charge >= 0.3 is 6.09 Å². The molecule has 1 aromatic carbocycles. The molecule has 47 heavy (non-hydrogen) atoms. The van der Waals surface area contributed by atoms with Crippen molar-refractivity contribution in [2.24, 2.45) is 17.3 Å². The van der Waals surface area contributed by atoms with Gasteiger partial charge in [-0.05, 0) is 75.8 Å². The fourth-order valence-corrected chi connectivity index (χ4v) is 7.65. The maximum atomic E-state index is 16.2. The van der Waals surface area contributed by atoms with E-state index in [9.17, 15) is 14.4 Å². The van der Waals surface area contributed by atoms with Crippen molar-refractivity contribution >= 4 is 28.8 Å². The van der Waals surface area contributed by atoms with Crippen LogP contribution >= 0.6 is 0 Å². The molecule has 12 heteroatoms. The topological polar surface area (TPSA) is 120 Å². The van der Waals surface area contributed by atoms with E-state index in [1.54, 1.807) is 18.2 Å². The zero-order valence-corrected chi connectivity index (χ0v) is 28.5. The van der Waals surface area contributed by atoms with Crippen molar-refractivity contribution in [3.05, 3.63) is 23.9 Å². The second kappa shape index (κ2) is 13.5. The molecule has 1 aliphatic carbocycles. The maximum Gasteiger partial charge on any atom is 0.408 e. The number of fused-ring (bicyclic) bond motifs is 5. The lowest BCUT2D eigenvalue weighted by atomic mass is 9.85. The molecule has 2 fully saturated rings. The molecule has 1 N–H and O–H groups in total. The van der Waals surface area contributed by atoms with E-state index in [-0.39, 0.29) is 36.2 Å². The van der Waals surface area contributed by atoms with Gasteiger partial charge in [-0.15, -0.1) is 0 Å². The first kappa shape index (κ1) is 34.8. The monoisotopic (exact) mass is 658 g/mol. The lowest BCUT2D eigenvalue weighted by Crippen LogP contribution is -2.58. The Balaban J connectivity index is 1.61. The Morgan fingerprint density at radius 3 is 2.51 bits per heavy atom. The van der Waals surface area contributed by atoms with E-state index < -0.39 is 59.5 Å². The molecule has 10 nitrogen and oxygen atoms in total. The second-order valence-corrected chi connectivity index (χ2v) is 14.6. The van der Waals surface area contributed by atoms with Gasteiger partial charge in [0.15, 0.2) is 12.0 Å². The summed E-state index contributed by atoms with van der Waals surface area (Å²) in [4.78, 5) is 51.5. The molecule has 1 saturated heterocycles. The summed E-state index contributed by atoms with van der Waals surface area (Å²) < 4.78 is 49.6. The SMILES string of the molecule is CCC1[C@@H]2CN(C(=O)[C@H](C(C)(C)C)NC(=O)O[C@]3(C)CCC[C@H]3CCCC(F)C(F)c3nc4ccc(OC)cc4nc3O2)[C@@H]1C(C)=O. The number of hydrogen-bond acceptors (Lipinski definition) is 8. The molecular formula is C35H48F2N4O6. The van der Waals surface area contributed by atoms with E-state index in [4.69, 9.17) is 14.2 Å².